The molecule has 1 aromatic carbocycles. The average Bonchev–Trinajstić information content (AvgIpc) is 3.34. The minimum Gasteiger partial charge on any atom is -0.355 e. The van der Waals surface area contributed by atoms with Gasteiger partial charge in [-0.25, -0.2) is 0 Å². The van der Waals surface area contributed by atoms with Crippen molar-refractivity contribution in [2.24, 2.45) is 0 Å². The van der Waals surface area contributed by atoms with Crippen molar-refractivity contribution in [2.45, 2.75) is 31.7 Å². The van der Waals surface area contributed by atoms with Crippen molar-refractivity contribution in [2.75, 3.05) is 23.3 Å². The highest BCUT2D eigenvalue weighted by atomic mass is 16.2. The maximum atomic E-state index is 12.1. The first-order valence-electron chi connectivity index (χ1n) is 8.98. The van der Waals surface area contributed by atoms with Gasteiger partial charge in [-0.05, 0) is 43.5 Å². The second-order valence-corrected chi connectivity index (χ2v) is 6.70. The molecule has 0 radical (unpaired) electrons. The van der Waals surface area contributed by atoms with Gasteiger partial charge >= 0.3 is 0 Å². The van der Waals surface area contributed by atoms with Crippen LogP contribution in [0.1, 0.15) is 25.7 Å². The highest BCUT2D eigenvalue weighted by Crippen LogP contribution is 2.22. The van der Waals surface area contributed by atoms with E-state index in [0.29, 0.717) is 18.5 Å². The molecule has 2 aliphatic rings. The van der Waals surface area contributed by atoms with Crippen LogP contribution in [-0.4, -0.2) is 41.1 Å². The maximum absolute atomic E-state index is 12.1. The Morgan fingerprint density at radius 1 is 1.08 bits per heavy atom. The zero-order chi connectivity index (χ0) is 17.9. The Labute approximate surface area is 151 Å². The third kappa shape index (κ3) is 3.51. The largest absolute Gasteiger partial charge is 0.355 e. The summed E-state index contributed by atoms with van der Waals surface area (Å²) < 4.78 is 0. The Kier molecular flexibility index (Phi) is 4.51. The van der Waals surface area contributed by atoms with E-state index in [1.165, 1.54) is 12.8 Å². The molecule has 7 nitrogen and oxygen atoms in total. The van der Waals surface area contributed by atoms with Gasteiger partial charge in [0.1, 0.15) is 6.04 Å². The summed E-state index contributed by atoms with van der Waals surface area (Å²) in [5, 5.41) is 14.2. The molecule has 0 saturated carbocycles. The van der Waals surface area contributed by atoms with Gasteiger partial charge in [0.2, 0.25) is 11.8 Å². The molecular weight excluding hydrogens is 330 g/mol. The molecular formula is C19H21N5O2. The van der Waals surface area contributed by atoms with Crippen LogP contribution >= 0.6 is 0 Å². The Morgan fingerprint density at radius 3 is 2.46 bits per heavy atom. The lowest BCUT2D eigenvalue weighted by molar-refractivity contribution is -0.122. The molecule has 0 bridgehead atoms. The molecule has 0 aliphatic carbocycles. The Hall–Kier alpha value is -2.96. The first-order valence-corrected chi connectivity index (χ1v) is 8.98. The molecule has 1 unspecified atom stereocenters. The number of nitrogens with zero attached hydrogens (tertiary/aromatic N) is 3. The number of nitrogens with one attached hydrogen (secondary N) is 2. The normalized spacial score (nSPS) is 19.5. The summed E-state index contributed by atoms with van der Waals surface area (Å²) in [4.78, 5) is 25.6. The molecule has 4 rings (SSSR count). The monoisotopic (exact) mass is 351 g/mol. The van der Waals surface area contributed by atoms with Gasteiger partial charge in [-0.15, -0.1) is 10.2 Å². The number of hydrogen-bond donors (Lipinski definition) is 2. The van der Waals surface area contributed by atoms with Gasteiger partial charge in [-0.1, -0.05) is 12.1 Å². The van der Waals surface area contributed by atoms with Gasteiger partial charge in [0.25, 0.3) is 0 Å². The van der Waals surface area contributed by atoms with Crippen molar-refractivity contribution in [1.82, 2.24) is 15.5 Å². The SMILES string of the molecule is O=C1CCC(C(=O)Nc2ccc(-c3ccc(N4CCCC4)nn3)cc2)N1. The second kappa shape index (κ2) is 7.11. The van der Waals surface area contributed by atoms with E-state index in [2.05, 4.69) is 25.7 Å². The first kappa shape index (κ1) is 16.5. The third-order valence-electron chi connectivity index (χ3n) is 4.84. The van der Waals surface area contributed by atoms with Crippen LogP contribution in [0.15, 0.2) is 36.4 Å². The van der Waals surface area contributed by atoms with E-state index in [4.69, 9.17) is 0 Å². The van der Waals surface area contributed by atoms with Gasteiger partial charge in [0, 0.05) is 30.8 Å². The number of rotatable bonds is 4. The third-order valence-corrected chi connectivity index (χ3v) is 4.84. The van der Waals surface area contributed by atoms with Crippen LogP contribution in [0.25, 0.3) is 11.3 Å². The summed E-state index contributed by atoms with van der Waals surface area (Å²) in [6.07, 6.45) is 3.37. The summed E-state index contributed by atoms with van der Waals surface area (Å²) in [7, 11) is 0. The summed E-state index contributed by atoms with van der Waals surface area (Å²) in [6.45, 7) is 2.09. The Morgan fingerprint density at radius 2 is 1.85 bits per heavy atom. The molecule has 2 amide bonds. The predicted octanol–water partition coefficient (Wildman–Crippen LogP) is 1.96. The standard InChI is InChI=1S/C19H21N5O2/c25-18-10-8-16(21-18)19(26)20-14-5-3-13(4-6-14)15-7-9-17(23-22-15)24-11-1-2-12-24/h3-7,9,16H,1-2,8,10-12H2,(H,20,26)(H,21,25). The van der Waals surface area contributed by atoms with Gasteiger partial charge in [-0.2, -0.15) is 0 Å². The summed E-state index contributed by atoms with van der Waals surface area (Å²) >= 11 is 0. The van der Waals surface area contributed by atoms with Crippen LogP contribution in [0.3, 0.4) is 0 Å². The number of anilines is 2. The molecule has 2 saturated heterocycles. The van der Waals surface area contributed by atoms with Gasteiger partial charge in [0.15, 0.2) is 5.82 Å². The first-order chi connectivity index (χ1) is 12.7. The molecule has 2 aromatic rings. The number of aromatic nitrogens is 2. The molecule has 7 heteroatoms. The van der Waals surface area contributed by atoms with E-state index in [-0.39, 0.29) is 11.8 Å². The smallest absolute Gasteiger partial charge is 0.246 e. The number of amides is 2. The Bertz CT molecular complexity index is 798. The summed E-state index contributed by atoms with van der Waals surface area (Å²) in [5.41, 5.74) is 2.44. The lowest BCUT2D eigenvalue weighted by Crippen LogP contribution is -2.37. The number of hydrogen-bond acceptors (Lipinski definition) is 5. The summed E-state index contributed by atoms with van der Waals surface area (Å²) in [5.74, 6) is 0.670. The van der Waals surface area contributed by atoms with E-state index >= 15 is 0 Å². The number of carbonyl (C=O) groups is 2. The van der Waals surface area contributed by atoms with Gasteiger partial charge < -0.3 is 15.5 Å². The molecule has 2 fully saturated rings. The molecule has 1 atom stereocenters. The van der Waals surface area contributed by atoms with Crippen LogP contribution < -0.4 is 15.5 Å². The van der Waals surface area contributed by atoms with Gasteiger partial charge in [0.05, 0.1) is 5.69 Å². The molecule has 3 heterocycles. The molecule has 134 valence electrons. The molecule has 2 N–H and O–H groups in total. The van der Waals surface area contributed by atoms with E-state index in [9.17, 15) is 9.59 Å². The van der Waals surface area contributed by atoms with Crippen molar-refractivity contribution in [3.05, 3.63) is 36.4 Å². The van der Waals surface area contributed by atoms with Crippen molar-refractivity contribution in [3.8, 4) is 11.3 Å². The van der Waals surface area contributed by atoms with Crippen molar-refractivity contribution < 1.29 is 9.59 Å². The number of carbonyl (C=O) groups excluding carboxylic acids is 2. The second-order valence-electron chi connectivity index (χ2n) is 6.70. The summed E-state index contributed by atoms with van der Waals surface area (Å²) in [6, 6.07) is 11.0. The molecule has 1 aromatic heterocycles. The molecule has 0 spiro atoms. The topological polar surface area (TPSA) is 87.2 Å². The average molecular weight is 351 g/mol. The van der Waals surface area contributed by atoms with Crippen LogP contribution in [0.5, 0.6) is 0 Å². The molecule has 26 heavy (non-hydrogen) atoms. The lowest BCUT2D eigenvalue weighted by Gasteiger charge is -2.15. The zero-order valence-corrected chi connectivity index (χ0v) is 14.4. The van der Waals surface area contributed by atoms with Crippen LogP contribution in [0, 0.1) is 0 Å². The van der Waals surface area contributed by atoms with Crippen LogP contribution in [-0.2, 0) is 9.59 Å². The van der Waals surface area contributed by atoms with E-state index in [1.807, 2.05) is 36.4 Å². The predicted molar refractivity (Wildman–Crippen MR) is 98.7 cm³/mol. The fraction of sp³-hybridized carbons (Fsp3) is 0.368. The quantitative estimate of drug-likeness (QED) is 0.879. The molecule has 2 aliphatic heterocycles. The van der Waals surface area contributed by atoms with Crippen molar-refractivity contribution in [1.29, 1.82) is 0 Å². The van der Waals surface area contributed by atoms with Gasteiger partial charge in [-0.3, -0.25) is 9.59 Å². The van der Waals surface area contributed by atoms with Crippen molar-refractivity contribution >= 4 is 23.3 Å². The number of benzene rings is 1. The highest BCUT2D eigenvalue weighted by Gasteiger charge is 2.27. The van der Waals surface area contributed by atoms with Crippen molar-refractivity contribution in [3.63, 3.8) is 0 Å². The minimum absolute atomic E-state index is 0.0727. The fourth-order valence-electron chi connectivity index (χ4n) is 3.36. The van der Waals surface area contributed by atoms with Crippen LogP contribution in [0.4, 0.5) is 11.5 Å². The van der Waals surface area contributed by atoms with Crippen LogP contribution in [0.2, 0.25) is 0 Å². The van der Waals surface area contributed by atoms with E-state index in [0.717, 1.165) is 30.2 Å². The Balaban J connectivity index is 1.40. The van der Waals surface area contributed by atoms with E-state index in [1.54, 1.807) is 0 Å². The maximum Gasteiger partial charge on any atom is 0.246 e. The minimum atomic E-state index is -0.439. The van der Waals surface area contributed by atoms with E-state index < -0.39 is 6.04 Å². The zero-order valence-electron chi connectivity index (χ0n) is 14.4. The lowest BCUT2D eigenvalue weighted by atomic mass is 10.1. The highest BCUT2D eigenvalue weighted by molar-refractivity contribution is 5.99. The fourth-order valence-corrected chi connectivity index (χ4v) is 3.36.